The average molecular weight is 447 g/mol. The number of hydrogen-bond acceptors (Lipinski definition) is 5. The van der Waals surface area contributed by atoms with Crippen molar-refractivity contribution >= 4 is 23.6 Å². The predicted molar refractivity (Wildman–Crippen MR) is 118 cm³/mol. The van der Waals surface area contributed by atoms with Crippen LogP contribution in [0.1, 0.15) is 22.6 Å². The summed E-state index contributed by atoms with van der Waals surface area (Å²) in [5.41, 5.74) is 7.98. The second-order valence-electron chi connectivity index (χ2n) is 6.96. The van der Waals surface area contributed by atoms with Crippen molar-refractivity contribution in [1.82, 2.24) is 0 Å². The molecule has 158 valence electrons. The number of hydrogen-bond donors (Lipinski definition) is 1. The van der Waals surface area contributed by atoms with Gasteiger partial charge in [-0.15, -0.1) is 0 Å². The number of nitrogens with two attached hydrogens (primary N) is 1. The second kappa shape index (κ2) is 8.96. The van der Waals surface area contributed by atoms with Crippen LogP contribution in [0, 0.1) is 17.1 Å². The molecule has 1 heterocycles. The van der Waals surface area contributed by atoms with Crippen molar-refractivity contribution in [3.05, 3.63) is 112 Å². The van der Waals surface area contributed by atoms with E-state index in [0.29, 0.717) is 27.5 Å². The number of carbonyl (C=O) groups is 1. The summed E-state index contributed by atoms with van der Waals surface area (Å²) in [4.78, 5) is 12.2. The van der Waals surface area contributed by atoms with E-state index in [4.69, 9.17) is 26.8 Å². The molecule has 7 heteroatoms. The Morgan fingerprint density at radius 2 is 1.97 bits per heavy atom. The molecule has 0 saturated carbocycles. The molecular formula is C25H16ClFN2O3. The minimum absolute atomic E-state index is 0.0867. The zero-order chi connectivity index (χ0) is 22.7. The van der Waals surface area contributed by atoms with Crippen LogP contribution < -0.4 is 15.2 Å². The van der Waals surface area contributed by atoms with E-state index in [-0.39, 0.29) is 17.2 Å². The number of halogens is 2. The Bertz CT molecular complexity index is 1310. The van der Waals surface area contributed by atoms with Crippen molar-refractivity contribution in [2.75, 3.05) is 0 Å². The van der Waals surface area contributed by atoms with Crippen LogP contribution in [-0.4, -0.2) is 5.97 Å². The molecule has 2 N–H and O–H groups in total. The number of allylic oxidation sites excluding steroid dienone is 1. The van der Waals surface area contributed by atoms with E-state index in [2.05, 4.69) is 0 Å². The Balaban J connectivity index is 1.61. The summed E-state index contributed by atoms with van der Waals surface area (Å²) in [5.74, 6) is -1.19. The van der Waals surface area contributed by atoms with Crippen molar-refractivity contribution < 1.29 is 18.7 Å². The standard InChI is InChI=1S/C25H16ClFN2O3/c26-21-7-2-1-4-15(21)8-11-23(30)31-18-9-10-19-22(13-18)32-25(29)20(14-28)24(19)16-5-3-6-17(27)12-16/h1-13,24H,29H2/b11-8+. The molecule has 1 aliphatic heterocycles. The highest BCUT2D eigenvalue weighted by Crippen LogP contribution is 2.43. The van der Waals surface area contributed by atoms with E-state index >= 15 is 0 Å². The van der Waals surface area contributed by atoms with Gasteiger partial charge in [0.1, 0.15) is 29.0 Å². The molecule has 0 saturated heterocycles. The van der Waals surface area contributed by atoms with Crippen LogP contribution in [0.15, 0.2) is 84.3 Å². The maximum Gasteiger partial charge on any atom is 0.336 e. The summed E-state index contributed by atoms with van der Waals surface area (Å²) in [6.07, 6.45) is 2.82. The van der Waals surface area contributed by atoms with Crippen LogP contribution in [0.4, 0.5) is 4.39 Å². The zero-order valence-corrected chi connectivity index (χ0v) is 17.3. The maximum atomic E-state index is 13.8. The fraction of sp³-hybridized carbons (Fsp3) is 0.0400. The molecule has 4 rings (SSSR count). The zero-order valence-electron chi connectivity index (χ0n) is 16.6. The summed E-state index contributed by atoms with van der Waals surface area (Å²) in [7, 11) is 0. The first-order valence-electron chi connectivity index (χ1n) is 9.57. The van der Waals surface area contributed by atoms with Gasteiger partial charge in [0.15, 0.2) is 0 Å². The van der Waals surface area contributed by atoms with Crippen LogP contribution in [0.2, 0.25) is 5.02 Å². The minimum atomic E-state index is -0.608. The van der Waals surface area contributed by atoms with Gasteiger partial charge in [-0.05, 0) is 41.5 Å². The first-order chi connectivity index (χ1) is 15.5. The third-order valence-corrected chi connectivity index (χ3v) is 5.24. The first-order valence-corrected chi connectivity index (χ1v) is 9.95. The monoisotopic (exact) mass is 446 g/mol. The molecule has 3 aromatic carbocycles. The average Bonchev–Trinajstić information content (AvgIpc) is 2.77. The van der Waals surface area contributed by atoms with E-state index in [9.17, 15) is 14.4 Å². The number of nitrogens with zero attached hydrogens (tertiary/aromatic N) is 1. The van der Waals surface area contributed by atoms with Crippen LogP contribution in [0.5, 0.6) is 11.5 Å². The van der Waals surface area contributed by atoms with Gasteiger partial charge in [0.25, 0.3) is 0 Å². The lowest BCUT2D eigenvalue weighted by Gasteiger charge is -2.26. The van der Waals surface area contributed by atoms with E-state index < -0.39 is 17.7 Å². The number of fused-ring (bicyclic) bond motifs is 1. The molecule has 0 amide bonds. The van der Waals surface area contributed by atoms with Crippen molar-refractivity contribution in [2.45, 2.75) is 5.92 Å². The van der Waals surface area contributed by atoms with Crippen LogP contribution in [-0.2, 0) is 4.79 Å². The van der Waals surface area contributed by atoms with E-state index in [1.54, 1.807) is 54.6 Å². The molecule has 0 aromatic heterocycles. The van der Waals surface area contributed by atoms with Gasteiger partial charge in [-0.3, -0.25) is 0 Å². The third kappa shape index (κ3) is 4.34. The van der Waals surface area contributed by atoms with E-state index in [1.807, 2.05) is 6.07 Å². The molecule has 0 aliphatic carbocycles. The summed E-state index contributed by atoms with van der Waals surface area (Å²) >= 11 is 6.08. The quantitative estimate of drug-likeness (QED) is 0.333. The van der Waals surface area contributed by atoms with Crippen molar-refractivity contribution in [1.29, 1.82) is 5.26 Å². The lowest BCUT2D eigenvalue weighted by atomic mass is 9.83. The topological polar surface area (TPSA) is 85.3 Å². The Hall–Kier alpha value is -4.08. The smallest absolute Gasteiger partial charge is 0.336 e. The molecule has 3 aromatic rings. The largest absolute Gasteiger partial charge is 0.440 e. The normalized spacial score (nSPS) is 15.1. The van der Waals surface area contributed by atoms with E-state index in [0.717, 1.165) is 0 Å². The van der Waals surface area contributed by atoms with Gasteiger partial charge < -0.3 is 15.2 Å². The molecule has 32 heavy (non-hydrogen) atoms. The highest BCUT2D eigenvalue weighted by Gasteiger charge is 2.31. The van der Waals surface area contributed by atoms with Gasteiger partial charge >= 0.3 is 5.97 Å². The Morgan fingerprint density at radius 1 is 1.16 bits per heavy atom. The molecule has 1 aliphatic rings. The Kier molecular flexibility index (Phi) is 5.93. The number of ether oxygens (including phenoxy) is 2. The van der Waals surface area contributed by atoms with Gasteiger partial charge in [-0.25, -0.2) is 9.18 Å². The van der Waals surface area contributed by atoms with Crippen molar-refractivity contribution in [3.63, 3.8) is 0 Å². The van der Waals surface area contributed by atoms with Gasteiger partial charge in [0.05, 0.1) is 5.92 Å². The highest BCUT2D eigenvalue weighted by molar-refractivity contribution is 6.32. The van der Waals surface area contributed by atoms with Gasteiger partial charge in [-0.1, -0.05) is 48.0 Å². The molecule has 1 atom stereocenters. The summed E-state index contributed by atoms with van der Waals surface area (Å²) < 4.78 is 24.8. The highest BCUT2D eigenvalue weighted by atomic mass is 35.5. The van der Waals surface area contributed by atoms with Crippen LogP contribution >= 0.6 is 11.6 Å². The molecule has 5 nitrogen and oxygen atoms in total. The molecule has 0 radical (unpaired) electrons. The number of carbonyl (C=O) groups excluding carboxylic acids is 1. The predicted octanol–water partition coefficient (Wildman–Crippen LogP) is 5.32. The second-order valence-corrected chi connectivity index (χ2v) is 7.36. The summed E-state index contributed by atoms with van der Waals surface area (Å²) in [6, 6.07) is 19.8. The molecule has 0 spiro atoms. The van der Waals surface area contributed by atoms with Gasteiger partial charge in [0, 0.05) is 22.7 Å². The number of esters is 1. The van der Waals surface area contributed by atoms with Crippen molar-refractivity contribution in [2.24, 2.45) is 5.73 Å². The number of rotatable bonds is 4. The Labute approximate surface area is 188 Å². The molecule has 0 bridgehead atoms. The van der Waals surface area contributed by atoms with E-state index in [1.165, 1.54) is 24.3 Å². The minimum Gasteiger partial charge on any atom is -0.440 e. The Morgan fingerprint density at radius 3 is 2.72 bits per heavy atom. The van der Waals surface area contributed by atoms with Crippen LogP contribution in [0.3, 0.4) is 0 Å². The fourth-order valence-corrected chi connectivity index (χ4v) is 3.65. The first kappa shape index (κ1) is 21.2. The van der Waals surface area contributed by atoms with Gasteiger partial charge in [-0.2, -0.15) is 5.26 Å². The summed E-state index contributed by atoms with van der Waals surface area (Å²) in [6.45, 7) is 0. The lowest BCUT2D eigenvalue weighted by Crippen LogP contribution is -2.21. The van der Waals surface area contributed by atoms with Crippen LogP contribution in [0.25, 0.3) is 6.08 Å². The summed E-state index contributed by atoms with van der Waals surface area (Å²) in [5, 5.41) is 10.1. The fourth-order valence-electron chi connectivity index (χ4n) is 3.45. The SMILES string of the molecule is N#CC1=C(N)Oc2cc(OC(=O)/C=C/c3ccccc3Cl)ccc2C1c1cccc(F)c1. The molecular weight excluding hydrogens is 431 g/mol. The van der Waals surface area contributed by atoms with Crippen molar-refractivity contribution in [3.8, 4) is 17.6 Å². The third-order valence-electron chi connectivity index (χ3n) is 4.90. The van der Waals surface area contributed by atoms with Gasteiger partial charge in [0.2, 0.25) is 5.88 Å². The molecule has 1 unspecified atom stereocenters. The number of benzene rings is 3. The lowest BCUT2D eigenvalue weighted by molar-refractivity contribution is -0.128. The molecule has 0 fully saturated rings. The maximum absolute atomic E-state index is 13.8. The number of nitriles is 1.